The lowest BCUT2D eigenvalue weighted by atomic mass is 9.95. The molecular weight excluding hydrogens is 457 g/mol. The third-order valence-corrected chi connectivity index (χ3v) is 7.31. The lowest BCUT2D eigenvalue weighted by Crippen LogP contribution is -2.45. The maximum atomic E-state index is 13.5. The van der Waals surface area contributed by atoms with E-state index in [1.807, 2.05) is 48.3 Å². The number of nitrogens with one attached hydrogen (secondary N) is 3. The van der Waals surface area contributed by atoms with Crippen molar-refractivity contribution in [3.05, 3.63) is 66.0 Å². The molecule has 0 bridgehead atoms. The van der Waals surface area contributed by atoms with Gasteiger partial charge in [0.1, 0.15) is 5.82 Å². The Bertz CT molecular complexity index is 996. The number of carbonyl (C=O) groups is 2. The van der Waals surface area contributed by atoms with E-state index in [2.05, 4.69) is 16.2 Å². The molecule has 2 heterocycles. The maximum absolute atomic E-state index is 13.5. The zero-order valence-electron chi connectivity index (χ0n) is 21.1. The van der Waals surface area contributed by atoms with Gasteiger partial charge in [-0.1, -0.05) is 43.2 Å². The van der Waals surface area contributed by atoms with E-state index in [4.69, 9.17) is 0 Å². The fourth-order valence-electron chi connectivity index (χ4n) is 5.15. The number of para-hydroxylation sites is 1. The monoisotopic (exact) mass is 495 g/mol. The van der Waals surface area contributed by atoms with Gasteiger partial charge in [-0.15, -0.1) is 0 Å². The summed E-state index contributed by atoms with van der Waals surface area (Å²) < 4.78 is 13.5. The zero-order valence-corrected chi connectivity index (χ0v) is 21.1. The average Bonchev–Trinajstić information content (AvgIpc) is 3.38. The van der Waals surface area contributed by atoms with E-state index in [9.17, 15) is 14.0 Å². The van der Waals surface area contributed by atoms with E-state index >= 15 is 0 Å². The van der Waals surface area contributed by atoms with Crippen LogP contribution in [0, 0.1) is 11.7 Å². The van der Waals surface area contributed by atoms with Crippen molar-refractivity contribution in [2.75, 3.05) is 32.0 Å². The molecule has 0 spiro atoms. The number of hydrogen-bond donors (Lipinski definition) is 3. The van der Waals surface area contributed by atoms with Crippen molar-refractivity contribution in [1.29, 1.82) is 0 Å². The molecule has 2 aliphatic heterocycles. The summed E-state index contributed by atoms with van der Waals surface area (Å²) in [5, 5.41) is 2.92. The van der Waals surface area contributed by atoms with Crippen molar-refractivity contribution < 1.29 is 14.0 Å². The number of urea groups is 1. The first kappa shape index (κ1) is 26.1. The molecule has 2 saturated heterocycles. The Labute approximate surface area is 213 Å². The first-order valence-corrected chi connectivity index (χ1v) is 13.1. The normalized spacial score (nSPS) is 20.3. The van der Waals surface area contributed by atoms with E-state index in [-0.39, 0.29) is 29.7 Å². The van der Waals surface area contributed by atoms with Crippen LogP contribution in [0.1, 0.15) is 56.6 Å². The second-order valence-electron chi connectivity index (χ2n) is 10.00. The summed E-state index contributed by atoms with van der Waals surface area (Å²) in [7, 11) is 1.89. The summed E-state index contributed by atoms with van der Waals surface area (Å²) in [6.07, 6.45) is 6.55. The number of hydrogen-bond acceptors (Lipinski definition) is 4. The number of carbonyl (C=O) groups excluding carboxylic acids is 2. The number of anilines is 1. The number of piperidine rings is 1. The summed E-state index contributed by atoms with van der Waals surface area (Å²) in [5.74, 6) is -0.0162. The third kappa shape index (κ3) is 7.27. The summed E-state index contributed by atoms with van der Waals surface area (Å²) in [4.78, 5) is 29.0. The molecule has 194 valence electrons. The standard InChI is InChI=1S/C28H38FN5O2/c1-33(16-7-3-6-13-25-20-26(32-31-25)22-9-8-10-23(29)19-22)27(35)21-14-17-34(18-15-21)28(36)30-24-11-4-2-5-12-24/h2,4-5,8-12,19,21,25-26,31-32H,3,6-7,13-18,20H2,1H3,(H,30,36). The lowest BCUT2D eigenvalue weighted by molar-refractivity contribution is -0.135. The van der Waals surface area contributed by atoms with Crippen LogP contribution in [0.2, 0.25) is 0 Å². The highest BCUT2D eigenvalue weighted by Crippen LogP contribution is 2.25. The molecule has 2 aromatic carbocycles. The minimum absolute atomic E-state index is 0.00991. The molecule has 3 N–H and O–H groups in total. The van der Waals surface area contributed by atoms with Gasteiger partial charge in [0.05, 0.1) is 0 Å². The molecule has 8 heteroatoms. The number of amides is 3. The molecule has 2 fully saturated rings. The van der Waals surface area contributed by atoms with Gasteiger partial charge < -0.3 is 15.1 Å². The molecule has 7 nitrogen and oxygen atoms in total. The number of unbranched alkanes of at least 4 members (excludes halogenated alkanes) is 2. The minimum atomic E-state index is -0.199. The average molecular weight is 496 g/mol. The molecule has 2 aliphatic rings. The first-order valence-electron chi connectivity index (χ1n) is 13.1. The van der Waals surface area contributed by atoms with Crippen LogP contribution < -0.4 is 16.2 Å². The molecule has 0 aliphatic carbocycles. The Morgan fingerprint density at radius 3 is 2.56 bits per heavy atom. The number of nitrogens with zero attached hydrogens (tertiary/aromatic N) is 2. The SMILES string of the molecule is CN(CCCCCC1CC(c2cccc(F)c2)NN1)C(=O)C1CCN(C(=O)Nc2ccccc2)CC1. The van der Waals surface area contributed by atoms with Crippen LogP contribution in [0.4, 0.5) is 14.9 Å². The Hall–Kier alpha value is -2.97. The van der Waals surface area contributed by atoms with Crippen LogP contribution in [0.5, 0.6) is 0 Å². The van der Waals surface area contributed by atoms with Crippen molar-refractivity contribution in [3.8, 4) is 0 Å². The second kappa shape index (κ2) is 12.8. The Morgan fingerprint density at radius 2 is 1.81 bits per heavy atom. The van der Waals surface area contributed by atoms with E-state index in [0.717, 1.165) is 49.9 Å². The summed E-state index contributed by atoms with van der Waals surface area (Å²) >= 11 is 0. The number of halogens is 1. The predicted molar refractivity (Wildman–Crippen MR) is 140 cm³/mol. The van der Waals surface area contributed by atoms with Gasteiger partial charge >= 0.3 is 6.03 Å². The molecule has 2 aromatic rings. The summed E-state index contributed by atoms with van der Waals surface area (Å²) in [5.41, 5.74) is 8.39. The second-order valence-corrected chi connectivity index (χ2v) is 10.00. The van der Waals surface area contributed by atoms with E-state index in [1.165, 1.54) is 6.07 Å². The molecule has 0 aromatic heterocycles. The fraction of sp³-hybridized carbons (Fsp3) is 0.500. The van der Waals surface area contributed by atoms with Crippen molar-refractivity contribution in [3.63, 3.8) is 0 Å². The first-order chi connectivity index (χ1) is 17.5. The maximum Gasteiger partial charge on any atom is 0.321 e. The zero-order chi connectivity index (χ0) is 25.3. The quantitative estimate of drug-likeness (QED) is 0.441. The molecule has 3 amide bonds. The topological polar surface area (TPSA) is 76.7 Å². The van der Waals surface area contributed by atoms with Gasteiger partial charge in [-0.05, 0) is 61.9 Å². The third-order valence-electron chi connectivity index (χ3n) is 7.31. The van der Waals surface area contributed by atoms with Gasteiger partial charge in [-0.2, -0.15) is 0 Å². The largest absolute Gasteiger partial charge is 0.346 e. The fourth-order valence-corrected chi connectivity index (χ4v) is 5.15. The molecule has 4 rings (SSSR count). The van der Waals surface area contributed by atoms with Gasteiger partial charge in [-0.25, -0.2) is 9.18 Å². The molecule has 2 unspecified atom stereocenters. The Kier molecular flexibility index (Phi) is 9.30. The highest BCUT2D eigenvalue weighted by molar-refractivity contribution is 5.89. The van der Waals surface area contributed by atoms with Crippen molar-refractivity contribution >= 4 is 17.6 Å². The van der Waals surface area contributed by atoms with Gasteiger partial charge in [0.2, 0.25) is 5.91 Å². The Balaban J connectivity index is 1.08. The van der Waals surface area contributed by atoms with Crippen molar-refractivity contribution in [2.45, 2.75) is 57.0 Å². The molecular formula is C28H38FN5O2. The van der Waals surface area contributed by atoms with Gasteiger partial charge in [0, 0.05) is 50.4 Å². The van der Waals surface area contributed by atoms with Gasteiger partial charge in [-0.3, -0.25) is 15.6 Å². The van der Waals surface area contributed by atoms with Crippen LogP contribution in [0.25, 0.3) is 0 Å². The van der Waals surface area contributed by atoms with Crippen molar-refractivity contribution in [1.82, 2.24) is 20.7 Å². The minimum Gasteiger partial charge on any atom is -0.346 e. The smallest absolute Gasteiger partial charge is 0.321 e. The molecule has 2 atom stereocenters. The van der Waals surface area contributed by atoms with Crippen molar-refractivity contribution in [2.24, 2.45) is 5.92 Å². The number of likely N-dealkylation sites (tertiary alicyclic amines) is 1. The molecule has 0 saturated carbocycles. The highest BCUT2D eigenvalue weighted by atomic mass is 19.1. The number of rotatable bonds is 9. The van der Waals surface area contributed by atoms with Crippen LogP contribution in [0.15, 0.2) is 54.6 Å². The van der Waals surface area contributed by atoms with Crippen LogP contribution >= 0.6 is 0 Å². The molecule has 0 radical (unpaired) electrons. The van der Waals surface area contributed by atoms with E-state index in [1.54, 1.807) is 17.0 Å². The number of benzene rings is 2. The van der Waals surface area contributed by atoms with Crippen LogP contribution in [0.3, 0.4) is 0 Å². The predicted octanol–water partition coefficient (Wildman–Crippen LogP) is 4.70. The van der Waals surface area contributed by atoms with E-state index in [0.29, 0.717) is 32.0 Å². The molecule has 36 heavy (non-hydrogen) atoms. The number of hydrazine groups is 1. The summed E-state index contributed by atoms with van der Waals surface area (Å²) in [6, 6.07) is 16.6. The van der Waals surface area contributed by atoms with Crippen LogP contribution in [-0.4, -0.2) is 54.5 Å². The lowest BCUT2D eigenvalue weighted by Gasteiger charge is -2.33. The van der Waals surface area contributed by atoms with Gasteiger partial charge in [0.15, 0.2) is 0 Å². The summed E-state index contributed by atoms with van der Waals surface area (Å²) in [6.45, 7) is 1.96. The highest BCUT2D eigenvalue weighted by Gasteiger charge is 2.29. The van der Waals surface area contributed by atoms with Crippen LogP contribution in [-0.2, 0) is 4.79 Å². The van der Waals surface area contributed by atoms with E-state index < -0.39 is 0 Å². The van der Waals surface area contributed by atoms with Gasteiger partial charge in [0.25, 0.3) is 0 Å². The Morgan fingerprint density at radius 1 is 1.03 bits per heavy atom.